The van der Waals surface area contributed by atoms with Crippen LogP contribution >= 0.6 is 0 Å². The van der Waals surface area contributed by atoms with E-state index in [0.717, 1.165) is 35.5 Å². The molecule has 0 heterocycles. The Morgan fingerprint density at radius 2 is 0.619 bits per heavy atom. The first-order valence-electron chi connectivity index (χ1n) is 4.07. The normalized spacial score (nSPS) is 4.86. The molecule has 0 fully saturated rings. The molecule has 0 spiro atoms. The van der Waals surface area contributed by atoms with E-state index in [-0.39, 0.29) is 74.4 Å². The van der Waals surface area contributed by atoms with Crippen LogP contribution in [0.25, 0.3) is 0 Å². The van der Waals surface area contributed by atoms with E-state index in [9.17, 15) is 0 Å². The van der Waals surface area contributed by atoms with Crippen molar-refractivity contribution in [3.63, 3.8) is 0 Å². The molecule has 0 amide bonds. The van der Waals surface area contributed by atoms with E-state index in [1.165, 1.54) is 0 Å². The molecule has 13 heteroatoms. The molecular weight excluding hydrogens is 563 g/mol. The summed E-state index contributed by atoms with van der Waals surface area (Å²) in [5.74, 6) is 0. The van der Waals surface area contributed by atoms with Gasteiger partial charge in [-0.3, -0.25) is 0 Å². The topological polar surface area (TPSA) is 192 Å². The summed E-state index contributed by atoms with van der Waals surface area (Å²) in [6.07, 6.45) is 0. The van der Waals surface area contributed by atoms with Gasteiger partial charge in [0.15, 0.2) is 0 Å². The smallest absolute Gasteiger partial charge is 0 e. The second-order valence-corrected chi connectivity index (χ2v) is 5.78. The minimum absolute atomic E-state index is 0. The van der Waals surface area contributed by atoms with Gasteiger partial charge in [0.25, 0.3) is 0 Å². The SMILES string of the molecule is CO.CO.CO.CO.CO.C[O][Sn]([O]C)[O]C.O.O.[Ce].[Ti]. The van der Waals surface area contributed by atoms with Gasteiger partial charge in [-0.1, -0.05) is 0 Å². The van der Waals surface area contributed by atoms with Crippen LogP contribution in [0.4, 0.5) is 0 Å². The molecule has 0 rings (SSSR count). The van der Waals surface area contributed by atoms with Gasteiger partial charge in [-0.05, 0) is 0 Å². The van der Waals surface area contributed by atoms with Crippen molar-refractivity contribution in [1.29, 1.82) is 0 Å². The van der Waals surface area contributed by atoms with Gasteiger partial charge in [0, 0.05) is 99.0 Å². The van der Waals surface area contributed by atoms with Crippen LogP contribution in [0.3, 0.4) is 0 Å². The Kier molecular flexibility index (Phi) is 448. The molecular formula is C8H33CeO10SnTi. The van der Waals surface area contributed by atoms with Crippen LogP contribution in [0, 0.1) is 41.7 Å². The Labute approximate surface area is 185 Å². The summed E-state index contributed by atoms with van der Waals surface area (Å²) >= 11 is -2.15. The van der Waals surface area contributed by atoms with E-state index in [2.05, 4.69) is 0 Å². The first kappa shape index (κ1) is 65.3. The number of aliphatic hydroxyl groups is 5. The fourth-order valence-corrected chi connectivity index (χ4v) is 1.68. The molecule has 1 radical (unpaired) electrons. The van der Waals surface area contributed by atoms with Crippen LogP contribution in [0.5, 0.6) is 0 Å². The Bertz CT molecular complexity index is 56.5. The van der Waals surface area contributed by atoms with Gasteiger partial charge in [0.2, 0.25) is 0 Å². The van der Waals surface area contributed by atoms with Gasteiger partial charge in [0.1, 0.15) is 0 Å². The van der Waals surface area contributed by atoms with Crippen LogP contribution in [0.1, 0.15) is 0 Å². The zero-order valence-corrected chi connectivity index (χ0v) is 21.5. The Morgan fingerprint density at radius 1 is 0.524 bits per heavy atom. The predicted molar refractivity (Wildman–Crippen MR) is 74.7 cm³/mol. The van der Waals surface area contributed by atoms with E-state index in [0.29, 0.717) is 0 Å². The fourth-order valence-electron chi connectivity index (χ4n) is 0.250. The molecule has 137 valence electrons. The summed E-state index contributed by atoms with van der Waals surface area (Å²) in [6.45, 7) is 0. The first-order chi connectivity index (χ1) is 8.35. The zero-order valence-electron chi connectivity index (χ0n) is 14.0. The van der Waals surface area contributed by atoms with Crippen molar-refractivity contribution in [2.45, 2.75) is 0 Å². The summed E-state index contributed by atoms with van der Waals surface area (Å²) < 4.78 is 14.4. The molecule has 0 unspecified atom stereocenters. The molecule has 0 aromatic carbocycles. The summed E-state index contributed by atoms with van der Waals surface area (Å²) in [7, 11) is 9.80. The Balaban J connectivity index is -0.00000000951. The molecule has 21 heavy (non-hydrogen) atoms. The number of hydrogen-bond donors (Lipinski definition) is 5. The number of rotatable bonds is 3. The van der Waals surface area contributed by atoms with Crippen molar-refractivity contribution in [3.8, 4) is 0 Å². The number of aliphatic hydroxyl groups excluding tert-OH is 5. The molecule has 0 aliphatic heterocycles. The second-order valence-electron chi connectivity index (χ2n) is 0.862. The first-order valence-corrected chi connectivity index (χ1v) is 7.57. The van der Waals surface area contributed by atoms with Crippen molar-refractivity contribution in [2.75, 3.05) is 56.9 Å². The molecule has 0 saturated heterocycles. The van der Waals surface area contributed by atoms with Gasteiger partial charge >= 0.3 is 51.6 Å². The van der Waals surface area contributed by atoms with Crippen LogP contribution in [-0.2, 0) is 30.9 Å². The van der Waals surface area contributed by atoms with Crippen LogP contribution in [0.15, 0.2) is 0 Å². The standard InChI is InChI=1S/5CH4O.3CH3O.Ce.2H2O.Sn.Ti/c8*1-2;;;;;/h5*2H,1H3;3*1H3;;2*1H2;;/q;;;;;3*-1;;;;+3;. The van der Waals surface area contributed by atoms with E-state index in [1.54, 1.807) is 21.3 Å². The summed E-state index contributed by atoms with van der Waals surface area (Å²) in [6, 6.07) is 0. The van der Waals surface area contributed by atoms with Gasteiger partial charge in [0.05, 0.1) is 0 Å². The maximum Gasteiger partial charge on any atom is 0 e. The van der Waals surface area contributed by atoms with Crippen LogP contribution in [-0.4, -0.2) is 114 Å². The maximum atomic E-state index is 7.00. The molecule has 0 bridgehead atoms. The Hall–Kier alpha value is 2.49. The largest absolute Gasteiger partial charge is 0.412 e. The van der Waals surface area contributed by atoms with E-state index in [1.807, 2.05) is 0 Å². The summed E-state index contributed by atoms with van der Waals surface area (Å²) in [5, 5.41) is 35.0. The van der Waals surface area contributed by atoms with Crippen molar-refractivity contribution in [1.82, 2.24) is 0 Å². The van der Waals surface area contributed by atoms with Crippen molar-refractivity contribution in [3.05, 3.63) is 0 Å². The van der Waals surface area contributed by atoms with Crippen LogP contribution < -0.4 is 0 Å². The maximum absolute atomic E-state index is 7.00. The minimum atomic E-state index is -2.15. The van der Waals surface area contributed by atoms with Gasteiger partial charge < -0.3 is 36.5 Å². The molecule has 0 atom stereocenters. The van der Waals surface area contributed by atoms with Crippen molar-refractivity contribution < 1.29 is 109 Å². The molecule has 0 saturated carbocycles. The second kappa shape index (κ2) is 144. The van der Waals surface area contributed by atoms with Crippen molar-refractivity contribution >= 4 is 21.0 Å². The average molecular weight is 596 g/mol. The summed E-state index contributed by atoms with van der Waals surface area (Å²) in [5.41, 5.74) is 0. The van der Waals surface area contributed by atoms with Gasteiger partial charge in [-0.2, -0.15) is 0 Å². The summed E-state index contributed by atoms with van der Waals surface area (Å²) in [4.78, 5) is 0. The minimum Gasteiger partial charge on any atom is -0.412 e. The number of hydrogen-bond acceptors (Lipinski definition) is 8. The van der Waals surface area contributed by atoms with Crippen LogP contribution in [0.2, 0.25) is 0 Å². The average Bonchev–Trinajstić information content (AvgIpc) is 2.51. The monoisotopic (exact) mass is 597 g/mol. The zero-order chi connectivity index (χ0) is 15.7. The predicted octanol–water partition coefficient (Wildman–Crippen LogP) is -3.70. The van der Waals surface area contributed by atoms with Gasteiger partial charge in [-0.15, -0.1) is 0 Å². The van der Waals surface area contributed by atoms with E-state index < -0.39 is 21.0 Å². The Morgan fingerprint density at radius 3 is 0.619 bits per heavy atom. The molecule has 0 aromatic rings. The third kappa shape index (κ3) is 131. The van der Waals surface area contributed by atoms with E-state index in [4.69, 9.17) is 34.8 Å². The molecule has 9 N–H and O–H groups in total. The third-order valence-corrected chi connectivity index (χ3v) is 3.35. The fraction of sp³-hybridized carbons (Fsp3) is 1.00. The third-order valence-electron chi connectivity index (χ3n) is 0.500. The molecule has 0 aliphatic rings. The quantitative estimate of drug-likeness (QED) is 0.206. The van der Waals surface area contributed by atoms with Crippen molar-refractivity contribution in [2.24, 2.45) is 0 Å². The molecule has 0 aliphatic carbocycles. The molecule has 0 aromatic heterocycles. The molecule has 10 nitrogen and oxygen atoms in total. The van der Waals surface area contributed by atoms with E-state index >= 15 is 0 Å². The van der Waals surface area contributed by atoms with Gasteiger partial charge in [-0.25, -0.2) is 0 Å².